The highest BCUT2D eigenvalue weighted by Gasteiger charge is 2.58. The Morgan fingerprint density at radius 3 is 1.62 bits per heavy atom. The van der Waals surface area contributed by atoms with E-state index < -0.39 is 29.8 Å². The van der Waals surface area contributed by atoms with E-state index in [1.165, 1.54) is 6.92 Å². The summed E-state index contributed by atoms with van der Waals surface area (Å²) in [6, 6.07) is -2.24. The summed E-state index contributed by atoms with van der Waals surface area (Å²) in [6.07, 6.45) is 0. The van der Waals surface area contributed by atoms with Crippen LogP contribution in [0.4, 0.5) is 0 Å². The number of hydrogen-bond acceptors (Lipinski definition) is 4. The first-order valence-corrected chi connectivity index (χ1v) is 4.56. The summed E-state index contributed by atoms with van der Waals surface area (Å²) in [5, 5.41) is 0. The van der Waals surface area contributed by atoms with Gasteiger partial charge in [-0.2, -0.15) is 0 Å². The van der Waals surface area contributed by atoms with Crippen molar-refractivity contribution in [3.8, 4) is 0 Å². The van der Waals surface area contributed by atoms with Crippen LogP contribution in [0.15, 0.2) is 0 Å². The second-order valence-corrected chi connectivity index (χ2v) is 3.60. The first-order valence-electron chi connectivity index (χ1n) is 4.56. The molecule has 2 rings (SSSR count). The van der Waals surface area contributed by atoms with Crippen LogP contribution >= 0.6 is 0 Å². The molecule has 2 amide bonds. The molecule has 0 saturated carbocycles. The third-order valence-corrected chi connectivity index (χ3v) is 2.62. The highest BCUT2D eigenvalue weighted by atomic mass is 16.4. The maximum atomic E-state index is 11.3. The molecule has 16 heavy (non-hydrogen) atoms. The summed E-state index contributed by atoms with van der Waals surface area (Å²) in [4.78, 5) is 45.7. The number of amides is 2. The summed E-state index contributed by atoms with van der Waals surface area (Å²) >= 11 is 0. The molecule has 0 aromatic heterocycles. The highest BCUT2D eigenvalue weighted by Crippen LogP contribution is 2.17. The van der Waals surface area contributed by atoms with Crippen LogP contribution in [0.5, 0.6) is 0 Å². The zero-order chi connectivity index (χ0) is 11.9. The Morgan fingerprint density at radius 1 is 1.00 bits per heavy atom. The minimum absolute atomic E-state index is 0.284. The molecule has 0 bridgehead atoms. The molecule has 0 aliphatic carbocycles. The number of nitrogens with zero attached hydrogens (tertiary/aromatic N) is 2. The zero-order valence-electron chi connectivity index (χ0n) is 8.26. The maximum Gasteiger partial charge on any atom is 0.324 e. The van der Waals surface area contributed by atoms with Gasteiger partial charge in [-0.3, -0.25) is 9.59 Å². The van der Waals surface area contributed by atoms with Crippen LogP contribution in [0.2, 0.25) is 0 Å². The summed E-state index contributed by atoms with van der Waals surface area (Å²) in [7, 11) is 0. The van der Waals surface area contributed by atoms with Gasteiger partial charge >= 0.3 is 23.9 Å². The van der Waals surface area contributed by atoms with Gasteiger partial charge in [0.05, 0.1) is 9.81 Å². The quantitative estimate of drug-likeness (QED) is 0.375. The van der Waals surface area contributed by atoms with E-state index in [1.807, 2.05) is 0 Å². The first kappa shape index (κ1) is 10.3. The van der Waals surface area contributed by atoms with Gasteiger partial charge in [-0.25, -0.2) is 10.9 Å². The van der Waals surface area contributed by atoms with Crippen LogP contribution in [-0.4, -0.2) is 33.6 Å². The van der Waals surface area contributed by atoms with Gasteiger partial charge in [-0.05, 0) is 6.92 Å². The molecule has 4 N–H and O–H groups in total. The number of nitrogens with one attached hydrogen (secondary N) is 4. The topological polar surface area (TPSA) is 122 Å². The Hall–Kier alpha value is -2.26. The van der Waals surface area contributed by atoms with E-state index in [2.05, 4.69) is 21.9 Å². The van der Waals surface area contributed by atoms with E-state index in [0.717, 1.165) is 0 Å². The highest BCUT2D eigenvalue weighted by molar-refractivity contribution is 5.85. The minimum atomic E-state index is -1.12. The Bertz CT molecular complexity index is 326. The van der Waals surface area contributed by atoms with Crippen LogP contribution in [-0.2, 0) is 9.59 Å². The molecule has 0 aromatic carbocycles. The molecule has 0 radical (unpaired) electrons. The first-order chi connectivity index (χ1) is 7.52. The van der Waals surface area contributed by atoms with Gasteiger partial charge < -0.3 is 0 Å². The zero-order valence-corrected chi connectivity index (χ0v) is 8.26. The van der Waals surface area contributed by atoms with Gasteiger partial charge in [0.1, 0.15) is 15.7 Å². The fourth-order valence-electron chi connectivity index (χ4n) is 1.80. The average molecular weight is 230 g/mol. The Labute approximate surface area is 88.8 Å². The van der Waals surface area contributed by atoms with Crippen molar-refractivity contribution >= 4 is 11.8 Å². The van der Waals surface area contributed by atoms with Crippen LogP contribution in [0.25, 0.3) is 0 Å². The minimum Gasteiger partial charge on any atom is -0.265 e. The van der Waals surface area contributed by atoms with Gasteiger partial charge in [0.15, 0.2) is 0 Å². The lowest BCUT2D eigenvalue weighted by atomic mass is 9.93. The molecule has 2 unspecified atom stereocenters. The van der Waals surface area contributed by atoms with Crippen LogP contribution < -0.4 is 21.9 Å². The van der Waals surface area contributed by atoms with Gasteiger partial charge in [-0.1, -0.05) is 11.1 Å². The van der Waals surface area contributed by atoms with Crippen LogP contribution in [0.1, 0.15) is 6.92 Å². The van der Waals surface area contributed by atoms with E-state index in [4.69, 9.17) is 0 Å². The van der Waals surface area contributed by atoms with E-state index in [0.29, 0.717) is 0 Å². The second kappa shape index (κ2) is 3.40. The van der Waals surface area contributed by atoms with E-state index >= 15 is 0 Å². The Morgan fingerprint density at radius 2 is 1.38 bits per heavy atom. The standard InChI is InChI=1S/C6H8N6O4/c1-2(3-5(13)7-9-11(3)15)4-6(14)8-10-12(4)16/h2-4H,1H3,(H2-2,7,8,9,10,13,14,15,16)/p+2. The number of carbonyl (C=O) groups is 2. The fourth-order valence-corrected chi connectivity index (χ4v) is 1.80. The maximum absolute atomic E-state index is 11.3. The van der Waals surface area contributed by atoms with Crippen molar-refractivity contribution in [2.45, 2.75) is 19.0 Å². The molecule has 0 aromatic rings. The number of hydrogen-bond donors (Lipinski definition) is 4. The van der Waals surface area contributed by atoms with Gasteiger partial charge in [0.2, 0.25) is 0 Å². The lowest BCUT2D eigenvalue weighted by Gasteiger charge is -2.05. The molecule has 2 aliphatic rings. The summed E-state index contributed by atoms with van der Waals surface area (Å²) in [6.45, 7) is 1.48. The summed E-state index contributed by atoms with van der Waals surface area (Å²) in [5.74, 6) is -1.91. The van der Waals surface area contributed by atoms with Crippen molar-refractivity contribution in [2.75, 3.05) is 0 Å². The average Bonchev–Trinajstić information content (AvgIpc) is 2.71. The fraction of sp³-hybridized carbons (Fsp3) is 0.667. The molecule has 2 heterocycles. The van der Waals surface area contributed by atoms with E-state index in [-0.39, 0.29) is 9.74 Å². The molecule has 86 valence electrons. The van der Waals surface area contributed by atoms with E-state index in [1.54, 1.807) is 0 Å². The van der Waals surface area contributed by atoms with Crippen molar-refractivity contribution in [3.05, 3.63) is 9.81 Å². The third kappa shape index (κ3) is 1.34. The Kier molecular flexibility index (Phi) is 2.18. The number of hydrazine groups is 4. The third-order valence-electron chi connectivity index (χ3n) is 2.62. The second-order valence-electron chi connectivity index (χ2n) is 3.60. The normalized spacial score (nSPS) is 30.6. The SMILES string of the molecule is CC(C1C(=O)NN[N+]1=O)C1C(=O)NN[N+]1=O. The molecule has 2 fully saturated rings. The largest absolute Gasteiger partial charge is 0.324 e. The smallest absolute Gasteiger partial charge is 0.265 e. The van der Waals surface area contributed by atoms with Gasteiger partial charge in [0.25, 0.3) is 0 Å². The molecule has 10 nitrogen and oxygen atoms in total. The van der Waals surface area contributed by atoms with Crippen LogP contribution in [0, 0.1) is 15.7 Å². The number of rotatable bonds is 2. The molecule has 2 atom stereocenters. The predicted molar refractivity (Wildman–Crippen MR) is 46.6 cm³/mol. The van der Waals surface area contributed by atoms with E-state index in [9.17, 15) is 19.4 Å². The lowest BCUT2D eigenvalue weighted by molar-refractivity contribution is -0.655. The van der Waals surface area contributed by atoms with Crippen molar-refractivity contribution in [1.82, 2.24) is 21.9 Å². The Balaban J connectivity index is 2.21. The summed E-state index contributed by atoms with van der Waals surface area (Å²) < 4.78 is 0. The monoisotopic (exact) mass is 230 g/mol. The molecule has 2 saturated heterocycles. The molecule has 2 aliphatic heterocycles. The molecular formula is C6H10N6O4+2. The predicted octanol–water partition coefficient (Wildman–Crippen LogP) is -2.98. The number of nitroso groups, excluding NO2 is 2. The lowest BCUT2D eigenvalue weighted by Crippen LogP contribution is -2.45. The van der Waals surface area contributed by atoms with Crippen molar-refractivity contribution in [1.29, 1.82) is 0 Å². The van der Waals surface area contributed by atoms with Crippen molar-refractivity contribution in [3.63, 3.8) is 0 Å². The van der Waals surface area contributed by atoms with Crippen molar-refractivity contribution < 1.29 is 19.3 Å². The van der Waals surface area contributed by atoms with Gasteiger partial charge in [-0.15, -0.1) is 0 Å². The van der Waals surface area contributed by atoms with Crippen molar-refractivity contribution in [2.24, 2.45) is 5.92 Å². The molecule has 0 spiro atoms. The van der Waals surface area contributed by atoms with Gasteiger partial charge in [0, 0.05) is 0 Å². The molecule has 10 heteroatoms. The molecular weight excluding hydrogens is 220 g/mol. The van der Waals surface area contributed by atoms with Crippen LogP contribution in [0.3, 0.4) is 0 Å². The number of carbonyl (C=O) groups excluding carboxylic acids is 2. The summed E-state index contributed by atoms with van der Waals surface area (Å²) in [5.41, 5.74) is 8.33.